The van der Waals surface area contributed by atoms with Gasteiger partial charge in [0.2, 0.25) is 11.0 Å². The first-order valence-corrected chi connectivity index (χ1v) is 10.8. The van der Waals surface area contributed by atoms with Crippen LogP contribution in [0.1, 0.15) is 45.6 Å². The number of aryl methyl sites for hydroxylation is 1. The number of carbonyl (C=O) groups is 1. The van der Waals surface area contributed by atoms with Gasteiger partial charge in [0, 0.05) is 17.8 Å². The van der Waals surface area contributed by atoms with Crippen molar-refractivity contribution in [3.63, 3.8) is 0 Å². The fraction of sp³-hybridized carbons (Fsp3) is 0.526. The molecular weight excluding hydrogens is 364 g/mol. The number of likely N-dealkylation sites (tertiary alicyclic amines) is 1. The SMILES string of the molecule is Cc1ccccc1Nc1nnc(S[C@H](C)C(=O)N2[C@@H](C)CCC[C@@H]2C)s1. The lowest BCUT2D eigenvalue weighted by Crippen LogP contribution is -2.50. The van der Waals surface area contributed by atoms with E-state index in [2.05, 4.69) is 47.3 Å². The Morgan fingerprint density at radius 1 is 1.27 bits per heavy atom. The van der Waals surface area contributed by atoms with Crippen molar-refractivity contribution < 1.29 is 4.79 Å². The van der Waals surface area contributed by atoms with Crippen LogP contribution in [0.3, 0.4) is 0 Å². The Morgan fingerprint density at radius 3 is 2.65 bits per heavy atom. The topological polar surface area (TPSA) is 58.1 Å². The second kappa shape index (κ2) is 8.39. The number of hydrogen-bond acceptors (Lipinski definition) is 6. The molecule has 3 rings (SSSR count). The van der Waals surface area contributed by atoms with E-state index >= 15 is 0 Å². The van der Waals surface area contributed by atoms with Crippen LogP contribution in [-0.4, -0.2) is 38.3 Å². The van der Waals surface area contributed by atoms with Crippen molar-refractivity contribution in [2.24, 2.45) is 0 Å². The molecule has 1 N–H and O–H groups in total. The predicted molar refractivity (Wildman–Crippen MR) is 109 cm³/mol. The third-order valence-corrected chi connectivity index (χ3v) is 6.88. The molecule has 2 heterocycles. The quantitative estimate of drug-likeness (QED) is 0.739. The van der Waals surface area contributed by atoms with Gasteiger partial charge < -0.3 is 10.2 Å². The summed E-state index contributed by atoms with van der Waals surface area (Å²) >= 11 is 2.99. The summed E-state index contributed by atoms with van der Waals surface area (Å²) < 4.78 is 0.819. The second-order valence-electron chi connectivity index (χ2n) is 6.95. The van der Waals surface area contributed by atoms with Gasteiger partial charge in [-0.15, -0.1) is 10.2 Å². The summed E-state index contributed by atoms with van der Waals surface area (Å²) in [6.07, 6.45) is 3.39. The van der Waals surface area contributed by atoms with Crippen LogP contribution in [0.4, 0.5) is 10.8 Å². The van der Waals surface area contributed by atoms with E-state index in [0.29, 0.717) is 12.1 Å². The lowest BCUT2D eigenvalue weighted by Gasteiger charge is -2.40. The Morgan fingerprint density at radius 2 is 1.96 bits per heavy atom. The maximum Gasteiger partial charge on any atom is 0.236 e. The molecule has 1 aliphatic rings. The zero-order valence-corrected chi connectivity index (χ0v) is 17.4. The Balaban J connectivity index is 1.63. The lowest BCUT2D eigenvalue weighted by molar-refractivity contribution is -0.136. The van der Waals surface area contributed by atoms with Gasteiger partial charge in [0.25, 0.3) is 0 Å². The van der Waals surface area contributed by atoms with E-state index in [-0.39, 0.29) is 11.2 Å². The molecule has 1 aliphatic heterocycles. The van der Waals surface area contributed by atoms with E-state index in [1.807, 2.05) is 25.1 Å². The minimum Gasteiger partial charge on any atom is -0.336 e. The predicted octanol–water partition coefficient (Wildman–Crippen LogP) is 4.86. The molecule has 140 valence electrons. The van der Waals surface area contributed by atoms with Gasteiger partial charge in [-0.05, 0) is 58.6 Å². The number of nitrogens with one attached hydrogen (secondary N) is 1. The zero-order chi connectivity index (χ0) is 18.7. The van der Waals surface area contributed by atoms with Crippen LogP contribution in [0.25, 0.3) is 0 Å². The van der Waals surface area contributed by atoms with Crippen molar-refractivity contribution in [2.45, 2.75) is 68.6 Å². The minimum atomic E-state index is -0.155. The molecule has 1 fully saturated rings. The van der Waals surface area contributed by atoms with Crippen molar-refractivity contribution in [3.05, 3.63) is 29.8 Å². The molecule has 3 atom stereocenters. The number of rotatable bonds is 5. The summed E-state index contributed by atoms with van der Waals surface area (Å²) in [6, 6.07) is 8.73. The number of carbonyl (C=O) groups excluding carboxylic acids is 1. The number of piperidine rings is 1. The first-order valence-electron chi connectivity index (χ1n) is 9.10. The number of para-hydroxylation sites is 1. The zero-order valence-electron chi connectivity index (χ0n) is 15.7. The molecule has 1 aromatic heterocycles. The molecule has 0 aliphatic carbocycles. The fourth-order valence-electron chi connectivity index (χ4n) is 3.40. The van der Waals surface area contributed by atoms with E-state index in [1.54, 1.807) is 0 Å². The van der Waals surface area contributed by atoms with E-state index < -0.39 is 0 Å². The average molecular weight is 391 g/mol. The van der Waals surface area contributed by atoms with Gasteiger partial charge in [-0.2, -0.15) is 0 Å². The first kappa shape index (κ1) is 19.2. The van der Waals surface area contributed by atoms with Gasteiger partial charge >= 0.3 is 0 Å². The third-order valence-electron chi connectivity index (χ3n) is 4.87. The average Bonchev–Trinajstić information content (AvgIpc) is 3.03. The monoisotopic (exact) mass is 390 g/mol. The standard InChI is InChI=1S/C19H26N4OS2/c1-12-8-5-6-11-16(12)20-18-21-22-19(26-18)25-15(4)17(24)23-13(2)9-7-10-14(23)3/h5-6,8,11,13-15H,7,9-10H2,1-4H3,(H,20,21)/t13-,14-,15+/m0/s1. The molecule has 1 amide bonds. The molecule has 0 spiro atoms. The highest BCUT2D eigenvalue weighted by Crippen LogP contribution is 2.33. The number of anilines is 2. The summed E-state index contributed by atoms with van der Waals surface area (Å²) in [5.41, 5.74) is 2.19. The number of amides is 1. The highest BCUT2D eigenvalue weighted by molar-refractivity contribution is 8.02. The molecule has 7 heteroatoms. The Labute approximate surface area is 163 Å². The number of hydrogen-bond donors (Lipinski definition) is 1. The number of nitrogens with zero attached hydrogens (tertiary/aromatic N) is 3. The Hall–Kier alpha value is -1.60. The maximum absolute atomic E-state index is 12.9. The first-order chi connectivity index (χ1) is 12.5. The molecule has 0 saturated carbocycles. The number of aromatic nitrogens is 2. The molecule has 26 heavy (non-hydrogen) atoms. The maximum atomic E-state index is 12.9. The van der Waals surface area contributed by atoms with Crippen molar-refractivity contribution in [3.8, 4) is 0 Å². The summed E-state index contributed by atoms with van der Waals surface area (Å²) in [5, 5.41) is 12.4. The summed E-state index contributed by atoms with van der Waals surface area (Å²) in [5.74, 6) is 0.207. The van der Waals surface area contributed by atoms with Crippen LogP contribution in [0.15, 0.2) is 28.6 Å². The van der Waals surface area contributed by atoms with Crippen LogP contribution in [-0.2, 0) is 4.79 Å². The van der Waals surface area contributed by atoms with Crippen LogP contribution < -0.4 is 5.32 Å². The lowest BCUT2D eigenvalue weighted by atomic mass is 9.97. The molecule has 0 unspecified atom stereocenters. The molecule has 1 saturated heterocycles. The van der Waals surface area contributed by atoms with E-state index in [4.69, 9.17) is 0 Å². The molecule has 0 bridgehead atoms. The normalized spacial score (nSPS) is 21.5. The molecule has 1 aromatic carbocycles. The Bertz CT molecular complexity index is 754. The number of thioether (sulfide) groups is 1. The second-order valence-corrected chi connectivity index (χ2v) is 9.51. The fourth-order valence-corrected chi connectivity index (χ4v) is 5.37. The van der Waals surface area contributed by atoms with E-state index in [1.165, 1.54) is 29.5 Å². The van der Waals surface area contributed by atoms with Crippen molar-refractivity contribution in [2.75, 3.05) is 5.32 Å². The third kappa shape index (κ3) is 4.38. The highest BCUT2D eigenvalue weighted by atomic mass is 32.2. The molecular formula is C19H26N4OS2. The van der Waals surface area contributed by atoms with Gasteiger partial charge in [-0.25, -0.2) is 0 Å². The smallest absolute Gasteiger partial charge is 0.236 e. The van der Waals surface area contributed by atoms with Gasteiger partial charge in [-0.1, -0.05) is 41.3 Å². The van der Waals surface area contributed by atoms with Crippen LogP contribution in [0.5, 0.6) is 0 Å². The molecule has 5 nitrogen and oxygen atoms in total. The summed E-state index contributed by atoms with van der Waals surface area (Å²) in [7, 11) is 0. The van der Waals surface area contributed by atoms with Gasteiger partial charge in [0.05, 0.1) is 5.25 Å². The van der Waals surface area contributed by atoms with Crippen molar-refractivity contribution in [1.82, 2.24) is 15.1 Å². The summed E-state index contributed by atoms with van der Waals surface area (Å²) in [6.45, 7) is 8.33. The van der Waals surface area contributed by atoms with Crippen LogP contribution in [0, 0.1) is 6.92 Å². The van der Waals surface area contributed by atoms with Crippen molar-refractivity contribution in [1.29, 1.82) is 0 Å². The minimum absolute atomic E-state index is 0.155. The molecule has 0 radical (unpaired) electrons. The highest BCUT2D eigenvalue weighted by Gasteiger charge is 2.32. The van der Waals surface area contributed by atoms with Crippen molar-refractivity contribution >= 4 is 39.8 Å². The van der Waals surface area contributed by atoms with E-state index in [9.17, 15) is 4.79 Å². The summed E-state index contributed by atoms with van der Waals surface area (Å²) in [4.78, 5) is 15.0. The number of benzene rings is 1. The largest absolute Gasteiger partial charge is 0.336 e. The Kier molecular flexibility index (Phi) is 6.19. The van der Waals surface area contributed by atoms with Crippen LogP contribution >= 0.6 is 23.1 Å². The van der Waals surface area contributed by atoms with Crippen LogP contribution in [0.2, 0.25) is 0 Å². The van der Waals surface area contributed by atoms with Gasteiger partial charge in [-0.3, -0.25) is 4.79 Å². The van der Waals surface area contributed by atoms with E-state index in [0.717, 1.165) is 33.6 Å². The van der Waals surface area contributed by atoms with Gasteiger partial charge in [0.1, 0.15) is 0 Å². The molecule has 2 aromatic rings. The van der Waals surface area contributed by atoms with Gasteiger partial charge in [0.15, 0.2) is 4.34 Å².